The van der Waals surface area contributed by atoms with Crippen LogP contribution in [-0.2, 0) is 11.3 Å². The minimum atomic E-state index is -0.190. The number of aromatic nitrogens is 5. The van der Waals surface area contributed by atoms with Crippen molar-refractivity contribution in [2.45, 2.75) is 13.5 Å². The van der Waals surface area contributed by atoms with Gasteiger partial charge in [0.05, 0.1) is 19.8 Å². The number of aryl methyl sites for hydroxylation is 1. The van der Waals surface area contributed by atoms with Gasteiger partial charge in [0.1, 0.15) is 5.15 Å². The summed E-state index contributed by atoms with van der Waals surface area (Å²) in [6.45, 7) is 5.11. The molecule has 1 saturated heterocycles. The van der Waals surface area contributed by atoms with E-state index >= 15 is 0 Å². The van der Waals surface area contributed by atoms with Gasteiger partial charge in [0, 0.05) is 31.0 Å². The van der Waals surface area contributed by atoms with Crippen LogP contribution in [0.25, 0.3) is 5.78 Å². The van der Waals surface area contributed by atoms with E-state index in [0.717, 1.165) is 11.3 Å². The van der Waals surface area contributed by atoms with E-state index in [4.69, 9.17) is 16.3 Å². The molecule has 1 fully saturated rings. The van der Waals surface area contributed by atoms with Crippen LogP contribution in [0.15, 0.2) is 29.2 Å². The van der Waals surface area contributed by atoms with Crippen LogP contribution in [0.2, 0.25) is 5.15 Å². The molecule has 0 amide bonds. The fourth-order valence-electron chi connectivity index (χ4n) is 2.87. The Hall–Kier alpha value is -2.45. The second kappa shape index (κ2) is 6.45. The van der Waals surface area contributed by atoms with E-state index in [-0.39, 0.29) is 5.56 Å². The monoisotopic (exact) mass is 360 g/mol. The molecule has 0 atom stereocenters. The van der Waals surface area contributed by atoms with E-state index in [1.165, 1.54) is 4.52 Å². The third-order valence-corrected chi connectivity index (χ3v) is 4.43. The number of rotatable bonds is 3. The molecule has 8 nitrogen and oxygen atoms in total. The highest BCUT2D eigenvalue weighted by Crippen LogP contribution is 2.15. The Balaban J connectivity index is 1.78. The van der Waals surface area contributed by atoms with Crippen molar-refractivity contribution in [3.05, 3.63) is 51.2 Å². The van der Waals surface area contributed by atoms with Crippen LogP contribution in [-0.4, -0.2) is 50.5 Å². The van der Waals surface area contributed by atoms with E-state index in [2.05, 4.69) is 15.1 Å². The average molecular weight is 361 g/mol. The first-order valence-electron chi connectivity index (χ1n) is 8.02. The summed E-state index contributed by atoms with van der Waals surface area (Å²) in [6.07, 6.45) is 1.72. The van der Waals surface area contributed by atoms with Crippen LogP contribution >= 0.6 is 11.6 Å². The van der Waals surface area contributed by atoms with Crippen LogP contribution in [0.4, 0.5) is 5.95 Å². The Morgan fingerprint density at radius 1 is 1.28 bits per heavy atom. The Labute approximate surface area is 148 Å². The molecule has 4 heterocycles. The lowest BCUT2D eigenvalue weighted by atomic mass is 10.3. The summed E-state index contributed by atoms with van der Waals surface area (Å²) in [4.78, 5) is 23.1. The van der Waals surface area contributed by atoms with Crippen molar-refractivity contribution in [1.29, 1.82) is 0 Å². The summed E-state index contributed by atoms with van der Waals surface area (Å²) in [5.41, 5.74) is 1.59. The zero-order valence-corrected chi connectivity index (χ0v) is 14.5. The molecule has 130 valence electrons. The summed E-state index contributed by atoms with van der Waals surface area (Å²) in [5, 5.41) is 4.85. The molecular formula is C16H17ClN6O2. The molecule has 0 spiro atoms. The summed E-state index contributed by atoms with van der Waals surface area (Å²) < 4.78 is 8.66. The SMILES string of the molecule is Cc1cc(=O)n2nc(N3CCOCC3)nc2n1Cc1ccc(Cl)nc1. The molecule has 0 unspecified atom stereocenters. The van der Waals surface area contributed by atoms with E-state index in [9.17, 15) is 4.79 Å². The Kier molecular flexibility index (Phi) is 4.14. The Morgan fingerprint density at radius 2 is 2.08 bits per heavy atom. The molecule has 0 bridgehead atoms. The molecule has 4 rings (SSSR count). The largest absolute Gasteiger partial charge is 0.378 e. The lowest BCUT2D eigenvalue weighted by Gasteiger charge is -2.25. The number of fused-ring (bicyclic) bond motifs is 1. The van der Waals surface area contributed by atoms with Gasteiger partial charge in [-0.2, -0.15) is 9.50 Å². The molecular weight excluding hydrogens is 344 g/mol. The zero-order chi connectivity index (χ0) is 17.4. The molecule has 9 heteroatoms. The Bertz CT molecular complexity index is 959. The number of ether oxygens (including phenoxy) is 1. The number of morpholine rings is 1. The number of halogens is 1. The third-order valence-electron chi connectivity index (χ3n) is 4.21. The maximum absolute atomic E-state index is 12.3. The summed E-state index contributed by atoms with van der Waals surface area (Å²) in [6, 6.07) is 5.21. The van der Waals surface area contributed by atoms with Gasteiger partial charge < -0.3 is 14.2 Å². The lowest BCUT2D eigenvalue weighted by molar-refractivity contribution is 0.122. The van der Waals surface area contributed by atoms with E-state index in [1.54, 1.807) is 18.3 Å². The maximum atomic E-state index is 12.3. The predicted molar refractivity (Wildman–Crippen MR) is 93.4 cm³/mol. The highest BCUT2D eigenvalue weighted by molar-refractivity contribution is 6.29. The molecule has 25 heavy (non-hydrogen) atoms. The first-order valence-corrected chi connectivity index (χ1v) is 8.40. The average Bonchev–Trinajstić information content (AvgIpc) is 3.07. The van der Waals surface area contributed by atoms with Crippen molar-refractivity contribution < 1.29 is 4.74 Å². The number of hydrogen-bond acceptors (Lipinski definition) is 6. The minimum Gasteiger partial charge on any atom is -0.378 e. The van der Waals surface area contributed by atoms with Crippen LogP contribution in [0.1, 0.15) is 11.3 Å². The van der Waals surface area contributed by atoms with Crippen LogP contribution in [0.3, 0.4) is 0 Å². The van der Waals surface area contributed by atoms with Gasteiger partial charge in [0.2, 0.25) is 11.7 Å². The van der Waals surface area contributed by atoms with Gasteiger partial charge in [-0.05, 0) is 18.6 Å². The minimum absolute atomic E-state index is 0.190. The first-order chi connectivity index (χ1) is 12.1. The predicted octanol–water partition coefficient (Wildman–Crippen LogP) is 1.13. The molecule has 3 aromatic rings. The van der Waals surface area contributed by atoms with Gasteiger partial charge >= 0.3 is 0 Å². The van der Waals surface area contributed by atoms with E-state index in [0.29, 0.717) is 49.7 Å². The smallest absolute Gasteiger partial charge is 0.275 e. The van der Waals surface area contributed by atoms with Gasteiger partial charge in [0.25, 0.3) is 5.56 Å². The van der Waals surface area contributed by atoms with E-state index in [1.807, 2.05) is 22.5 Å². The lowest BCUT2D eigenvalue weighted by Crippen LogP contribution is -2.37. The molecule has 0 saturated carbocycles. The maximum Gasteiger partial charge on any atom is 0.275 e. The fraction of sp³-hybridized carbons (Fsp3) is 0.375. The van der Waals surface area contributed by atoms with Gasteiger partial charge in [-0.3, -0.25) is 4.79 Å². The highest BCUT2D eigenvalue weighted by Gasteiger charge is 2.19. The number of anilines is 1. The second-order valence-electron chi connectivity index (χ2n) is 5.92. The van der Waals surface area contributed by atoms with Crippen molar-refractivity contribution in [1.82, 2.24) is 24.1 Å². The van der Waals surface area contributed by atoms with Crippen molar-refractivity contribution in [3.63, 3.8) is 0 Å². The van der Waals surface area contributed by atoms with Crippen molar-refractivity contribution >= 4 is 23.3 Å². The standard InChI is InChI=1S/C16H17ClN6O2/c1-11-8-14(24)23-16(19-15(20-23)21-4-6-25-7-5-21)22(11)10-12-2-3-13(17)18-9-12/h2-3,8-9H,4-7,10H2,1H3. The molecule has 0 radical (unpaired) electrons. The van der Waals surface area contributed by atoms with Crippen molar-refractivity contribution in [2.24, 2.45) is 0 Å². The Morgan fingerprint density at radius 3 is 2.80 bits per heavy atom. The summed E-state index contributed by atoms with van der Waals surface area (Å²) in [7, 11) is 0. The molecule has 0 aliphatic carbocycles. The molecule has 1 aliphatic heterocycles. The first kappa shape index (κ1) is 16.0. The molecule has 0 N–H and O–H groups in total. The number of nitrogens with zero attached hydrogens (tertiary/aromatic N) is 6. The number of pyridine rings is 1. The zero-order valence-electron chi connectivity index (χ0n) is 13.7. The second-order valence-corrected chi connectivity index (χ2v) is 6.31. The molecule has 3 aromatic heterocycles. The van der Waals surface area contributed by atoms with Crippen molar-refractivity contribution in [3.8, 4) is 0 Å². The highest BCUT2D eigenvalue weighted by atomic mass is 35.5. The fourth-order valence-corrected chi connectivity index (χ4v) is 2.98. The summed E-state index contributed by atoms with van der Waals surface area (Å²) >= 11 is 5.85. The van der Waals surface area contributed by atoms with Crippen molar-refractivity contribution in [2.75, 3.05) is 31.2 Å². The van der Waals surface area contributed by atoms with Gasteiger partial charge in [-0.1, -0.05) is 17.7 Å². The molecule has 0 aromatic carbocycles. The van der Waals surface area contributed by atoms with Gasteiger partial charge in [-0.15, -0.1) is 5.10 Å². The quantitative estimate of drug-likeness (QED) is 0.652. The normalized spacial score (nSPS) is 15.0. The van der Waals surface area contributed by atoms with Crippen LogP contribution in [0, 0.1) is 6.92 Å². The van der Waals surface area contributed by atoms with Crippen LogP contribution < -0.4 is 10.5 Å². The van der Waals surface area contributed by atoms with Crippen LogP contribution in [0.5, 0.6) is 0 Å². The number of hydrogen-bond donors (Lipinski definition) is 0. The van der Waals surface area contributed by atoms with Gasteiger partial charge in [0.15, 0.2) is 0 Å². The van der Waals surface area contributed by atoms with E-state index < -0.39 is 0 Å². The molecule has 1 aliphatic rings. The summed E-state index contributed by atoms with van der Waals surface area (Å²) in [5.74, 6) is 1.07. The third kappa shape index (κ3) is 3.10. The van der Waals surface area contributed by atoms with Gasteiger partial charge in [-0.25, -0.2) is 4.98 Å². The topological polar surface area (TPSA) is 77.5 Å².